The molecule has 0 amide bonds. The molecule has 14 heavy (non-hydrogen) atoms. The van der Waals surface area contributed by atoms with Crippen LogP contribution in [0.25, 0.3) is 0 Å². The zero-order chi connectivity index (χ0) is 10.2. The van der Waals surface area contributed by atoms with Crippen LogP contribution in [0.3, 0.4) is 0 Å². The van der Waals surface area contributed by atoms with Gasteiger partial charge in [-0.05, 0) is 37.9 Å². The molecule has 0 saturated carbocycles. The molecule has 0 heterocycles. The second-order valence-electron chi connectivity index (χ2n) is 3.86. The highest BCUT2D eigenvalue weighted by molar-refractivity contribution is 5.15. The van der Waals surface area contributed by atoms with E-state index in [1.54, 1.807) is 0 Å². The molecular formula is C13H21N. The van der Waals surface area contributed by atoms with Crippen molar-refractivity contribution in [1.82, 2.24) is 5.32 Å². The lowest BCUT2D eigenvalue weighted by molar-refractivity contribution is 0.459. The van der Waals surface area contributed by atoms with Crippen LogP contribution in [0.4, 0.5) is 0 Å². The molecule has 0 saturated heterocycles. The molecule has 0 radical (unpaired) electrons. The minimum absolute atomic E-state index is 0.824. The highest BCUT2D eigenvalue weighted by Crippen LogP contribution is 2.14. The number of nitrogens with one attached hydrogen (secondary N) is 1. The average molecular weight is 191 g/mol. The van der Waals surface area contributed by atoms with Crippen LogP contribution in [0.1, 0.15) is 25.3 Å². The molecule has 1 unspecified atom stereocenters. The summed E-state index contributed by atoms with van der Waals surface area (Å²) in [6.07, 6.45) is 3.78. The first-order chi connectivity index (χ1) is 6.86. The van der Waals surface area contributed by atoms with Crippen molar-refractivity contribution in [3.63, 3.8) is 0 Å². The summed E-state index contributed by atoms with van der Waals surface area (Å²) in [4.78, 5) is 0. The van der Waals surface area contributed by atoms with Gasteiger partial charge in [0.15, 0.2) is 0 Å². The Hall–Kier alpha value is -0.820. The Bertz CT molecular complexity index is 230. The summed E-state index contributed by atoms with van der Waals surface area (Å²) in [6, 6.07) is 10.8. The van der Waals surface area contributed by atoms with Crippen LogP contribution in [0.15, 0.2) is 30.3 Å². The van der Waals surface area contributed by atoms with E-state index >= 15 is 0 Å². The topological polar surface area (TPSA) is 12.0 Å². The van der Waals surface area contributed by atoms with Crippen LogP contribution < -0.4 is 5.32 Å². The maximum atomic E-state index is 3.22. The fourth-order valence-electron chi connectivity index (χ4n) is 1.75. The first-order valence-electron chi connectivity index (χ1n) is 5.55. The summed E-state index contributed by atoms with van der Waals surface area (Å²) in [6.45, 7) is 3.41. The Balaban J connectivity index is 2.40. The van der Waals surface area contributed by atoms with E-state index in [9.17, 15) is 0 Å². The quantitative estimate of drug-likeness (QED) is 0.729. The lowest BCUT2D eigenvalue weighted by Gasteiger charge is -2.14. The molecule has 1 nitrogen and oxygen atoms in total. The van der Waals surface area contributed by atoms with E-state index in [1.165, 1.54) is 24.8 Å². The summed E-state index contributed by atoms with van der Waals surface area (Å²) in [5, 5.41) is 3.22. The molecule has 78 valence electrons. The summed E-state index contributed by atoms with van der Waals surface area (Å²) in [5.41, 5.74) is 1.47. The number of hydrogen-bond donors (Lipinski definition) is 1. The smallest absolute Gasteiger partial charge is 0.00492 e. The van der Waals surface area contributed by atoms with Crippen molar-refractivity contribution in [3.8, 4) is 0 Å². The van der Waals surface area contributed by atoms with Gasteiger partial charge in [0, 0.05) is 0 Å². The molecular weight excluding hydrogens is 170 g/mol. The number of hydrogen-bond acceptors (Lipinski definition) is 1. The van der Waals surface area contributed by atoms with E-state index in [0.717, 1.165) is 12.5 Å². The largest absolute Gasteiger partial charge is 0.320 e. The van der Waals surface area contributed by atoms with Crippen LogP contribution in [-0.4, -0.2) is 13.6 Å². The van der Waals surface area contributed by atoms with Crippen molar-refractivity contribution in [1.29, 1.82) is 0 Å². The van der Waals surface area contributed by atoms with E-state index in [4.69, 9.17) is 0 Å². The van der Waals surface area contributed by atoms with E-state index in [-0.39, 0.29) is 0 Å². The van der Waals surface area contributed by atoms with Crippen molar-refractivity contribution >= 4 is 0 Å². The van der Waals surface area contributed by atoms with Gasteiger partial charge in [0.25, 0.3) is 0 Å². The van der Waals surface area contributed by atoms with Crippen LogP contribution in [0, 0.1) is 5.92 Å². The van der Waals surface area contributed by atoms with Crippen molar-refractivity contribution in [2.24, 2.45) is 5.92 Å². The monoisotopic (exact) mass is 191 g/mol. The lowest BCUT2D eigenvalue weighted by atomic mass is 9.94. The van der Waals surface area contributed by atoms with Crippen LogP contribution in [-0.2, 0) is 6.42 Å². The van der Waals surface area contributed by atoms with Crippen molar-refractivity contribution in [3.05, 3.63) is 35.9 Å². The fourth-order valence-corrected chi connectivity index (χ4v) is 1.75. The Morgan fingerprint density at radius 3 is 2.50 bits per heavy atom. The first kappa shape index (κ1) is 11.3. The molecule has 0 bridgehead atoms. The highest BCUT2D eigenvalue weighted by Gasteiger charge is 2.05. The van der Waals surface area contributed by atoms with Gasteiger partial charge in [-0.3, -0.25) is 0 Å². The molecule has 0 spiro atoms. The third-order valence-electron chi connectivity index (χ3n) is 2.75. The SMILES string of the molecule is CCC(CCNC)Cc1ccccc1. The standard InChI is InChI=1S/C13H21N/c1-3-12(9-10-14-2)11-13-7-5-4-6-8-13/h4-8,12,14H,3,9-11H2,1-2H3. The van der Waals surface area contributed by atoms with Gasteiger partial charge in [0.1, 0.15) is 0 Å². The van der Waals surface area contributed by atoms with E-state index < -0.39 is 0 Å². The van der Waals surface area contributed by atoms with Crippen molar-refractivity contribution < 1.29 is 0 Å². The van der Waals surface area contributed by atoms with Gasteiger partial charge in [0.2, 0.25) is 0 Å². The predicted octanol–water partition coefficient (Wildman–Crippen LogP) is 2.86. The summed E-state index contributed by atoms with van der Waals surface area (Å²) in [5.74, 6) is 0.824. The Labute approximate surface area is 87.5 Å². The van der Waals surface area contributed by atoms with Gasteiger partial charge in [0.05, 0.1) is 0 Å². The lowest BCUT2D eigenvalue weighted by Crippen LogP contribution is -2.14. The van der Waals surface area contributed by atoms with Gasteiger partial charge in [-0.15, -0.1) is 0 Å². The molecule has 0 aliphatic carbocycles. The van der Waals surface area contributed by atoms with E-state index in [1.807, 2.05) is 7.05 Å². The van der Waals surface area contributed by atoms with Gasteiger partial charge in [-0.25, -0.2) is 0 Å². The molecule has 0 aromatic heterocycles. The van der Waals surface area contributed by atoms with Gasteiger partial charge in [-0.2, -0.15) is 0 Å². The van der Waals surface area contributed by atoms with Crippen molar-refractivity contribution in [2.45, 2.75) is 26.2 Å². The maximum Gasteiger partial charge on any atom is -0.00492 e. The van der Waals surface area contributed by atoms with E-state index in [2.05, 4.69) is 42.6 Å². The number of rotatable bonds is 6. The predicted molar refractivity (Wildman–Crippen MR) is 62.5 cm³/mol. The normalized spacial score (nSPS) is 12.7. The molecule has 0 aliphatic rings. The molecule has 0 aliphatic heterocycles. The number of benzene rings is 1. The minimum Gasteiger partial charge on any atom is -0.320 e. The van der Waals surface area contributed by atoms with Crippen molar-refractivity contribution in [2.75, 3.05) is 13.6 Å². The Morgan fingerprint density at radius 2 is 1.93 bits per heavy atom. The van der Waals surface area contributed by atoms with Crippen LogP contribution in [0.2, 0.25) is 0 Å². The second kappa shape index (κ2) is 6.61. The van der Waals surface area contributed by atoms with E-state index in [0.29, 0.717) is 0 Å². The van der Waals surface area contributed by atoms with Crippen LogP contribution in [0.5, 0.6) is 0 Å². The molecule has 1 aromatic rings. The molecule has 1 aromatic carbocycles. The first-order valence-corrected chi connectivity index (χ1v) is 5.55. The zero-order valence-electron chi connectivity index (χ0n) is 9.29. The summed E-state index contributed by atoms with van der Waals surface area (Å²) < 4.78 is 0. The Kier molecular flexibility index (Phi) is 5.31. The van der Waals surface area contributed by atoms with Gasteiger partial charge < -0.3 is 5.32 Å². The molecule has 1 N–H and O–H groups in total. The highest BCUT2D eigenvalue weighted by atomic mass is 14.8. The van der Waals surface area contributed by atoms with Gasteiger partial charge >= 0.3 is 0 Å². The molecule has 0 fully saturated rings. The molecule has 1 atom stereocenters. The molecule has 1 heteroatoms. The van der Waals surface area contributed by atoms with Crippen LogP contribution >= 0.6 is 0 Å². The summed E-state index contributed by atoms with van der Waals surface area (Å²) >= 11 is 0. The molecule has 1 rings (SSSR count). The maximum absolute atomic E-state index is 3.22. The fraction of sp³-hybridized carbons (Fsp3) is 0.538. The minimum atomic E-state index is 0.824. The second-order valence-corrected chi connectivity index (χ2v) is 3.86. The third kappa shape index (κ3) is 3.93. The Morgan fingerprint density at radius 1 is 1.21 bits per heavy atom. The third-order valence-corrected chi connectivity index (χ3v) is 2.75. The summed E-state index contributed by atoms with van der Waals surface area (Å²) in [7, 11) is 2.02. The zero-order valence-corrected chi connectivity index (χ0v) is 9.29. The van der Waals surface area contributed by atoms with Gasteiger partial charge in [-0.1, -0.05) is 43.7 Å². The average Bonchev–Trinajstić information content (AvgIpc) is 2.25.